The van der Waals surface area contributed by atoms with Gasteiger partial charge in [0.1, 0.15) is 16.5 Å². The first-order chi connectivity index (χ1) is 12.7. The SMILES string of the molecule is O=S(=O)(Cc1cc(-c2ccccc2)c(F)cc1F)c1cc(Cl)cc(Cl)c1O. The van der Waals surface area contributed by atoms with Gasteiger partial charge in [0.25, 0.3) is 0 Å². The third-order valence-electron chi connectivity index (χ3n) is 3.89. The molecule has 0 amide bonds. The van der Waals surface area contributed by atoms with Crippen LogP contribution in [0.5, 0.6) is 5.75 Å². The van der Waals surface area contributed by atoms with Gasteiger partial charge < -0.3 is 5.11 Å². The van der Waals surface area contributed by atoms with Crippen LogP contribution in [0.25, 0.3) is 11.1 Å². The first-order valence-corrected chi connectivity index (χ1v) is 10.0. The van der Waals surface area contributed by atoms with Gasteiger partial charge in [-0.3, -0.25) is 0 Å². The van der Waals surface area contributed by atoms with Gasteiger partial charge in [0.2, 0.25) is 0 Å². The van der Waals surface area contributed by atoms with Crippen LogP contribution in [0.3, 0.4) is 0 Å². The highest BCUT2D eigenvalue weighted by Crippen LogP contribution is 2.36. The van der Waals surface area contributed by atoms with E-state index < -0.39 is 37.9 Å². The zero-order valence-corrected chi connectivity index (χ0v) is 15.9. The van der Waals surface area contributed by atoms with Gasteiger partial charge in [0, 0.05) is 22.2 Å². The maximum absolute atomic E-state index is 14.2. The van der Waals surface area contributed by atoms with Crippen molar-refractivity contribution < 1.29 is 22.3 Å². The molecule has 0 saturated carbocycles. The average Bonchev–Trinajstić information content (AvgIpc) is 2.61. The fourth-order valence-corrected chi connectivity index (χ4v) is 4.72. The summed E-state index contributed by atoms with van der Waals surface area (Å²) in [6.45, 7) is 0. The van der Waals surface area contributed by atoms with Crippen LogP contribution in [0.4, 0.5) is 8.78 Å². The van der Waals surface area contributed by atoms with E-state index >= 15 is 0 Å². The van der Waals surface area contributed by atoms with E-state index in [0.717, 1.165) is 12.1 Å². The predicted octanol–water partition coefficient (Wildman–Crippen LogP) is 5.62. The van der Waals surface area contributed by atoms with Crippen molar-refractivity contribution in [3.63, 3.8) is 0 Å². The first-order valence-electron chi connectivity index (χ1n) is 7.63. The van der Waals surface area contributed by atoms with Crippen LogP contribution in [-0.2, 0) is 15.6 Å². The molecule has 0 aliphatic heterocycles. The number of hydrogen-bond donors (Lipinski definition) is 1. The number of sulfone groups is 1. The summed E-state index contributed by atoms with van der Waals surface area (Å²) in [7, 11) is -4.20. The Morgan fingerprint density at radius 1 is 0.926 bits per heavy atom. The molecule has 3 nitrogen and oxygen atoms in total. The summed E-state index contributed by atoms with van der Waals surface area (Å²) < 4.78 is 53.8. The Hall–Kier alpha value is -2.15. The van der Waals surface area contributed by atoms with Crippen molar-refractivity contribution in [1.82, 2.24) is 0 Å². The summed E-state index contributed by atoms with van der Waals surface area (Å²) in [5, 5.41) is 9.71. The van der Waals surface area contributed by atoms with Crippen molar-refractivity contribution in [2.75, 3.05) is 0 Å². The van der Waals surface area contributed by atoms with E-state index in [1.807, 2.05) is 0 Å². The number of phenolic OH excluding ortho intramolecular Hbond substituents is 1. The van der Waals surface area contributed by atoms with Gasteiger partial charge in [0.05, 0.1) is 10.8 Å². The number of halogens is 4. The van der Waals surface area contributed by atoms with Crippen molar-refractivity contribution in [2.45, 2.75) is 10.6 Å². The monoisotopic (exact) mass is 428 g/mol. The summed E-state index contributed by atoms with van der Waals surface area (Å²) in [5.74, 6) is -3.30. The fraction of sp³-hybridized carbons (Fsp3) is 0.0526. The van der Waals surface area contributed by atoms with Gasteiger partial charge in [-0.05, 0) is 23.8 Å². The summed E-state index contributed by atoms with van der Waals surface area (Å²) in [4.78, 5) is -0.523. The Kier molecular flexibility index (Phi) is 5.42. The lowest BCUT2D eigenvalue weighted by molar-refractivity contribution is 0.459. The molecule has 1 N–H and O–H groups in total. The van der Waals surface area contributed by atoms with Gasteiger partial charge in [0.15, 0.2) is 15.6 Å². The smallest absolute Gasteiger partial charge is 0.186 e. The summed E-state index contributed by atoms with van der Waals surface area (Å²) >= 11 is 11.6. The molecule has 27 heavy (non-hydrogen) atoms. The van der Waals surface area contributed by atoms with E-state index in [-0.39, 0.29) is 21.2 Å². The third kappa shape index (κ3) is 4.08. The van der Waals surface area contributed by atoms with Crippen molar-refractivity contribution in [3.05, 3.63) is 81.8 Å². The highest BCUT2D eigenvalue weighted by molar-refractivity contribution is 7.90. The highest BCUT2D eigenvalue weighted by Gasteiger charge is 2.24. The number of phenols is 1. The molecule has 0 aliphatic carbocycles. The number of hydrogen-bond acceptors (Lipinski definition) is 3. The second-order valence-corrected chi connectivity index (χ2v) is 8.58. The van der Waals surface area contributed by atoms with Crippen LogP contribution in [-0.4, -0.2) is 13.5 Å². The molecular formula is C19H12Cl2F2O3S. The summed E-state index contributed by atoms with van der Waals surface area (Å²) in [5.41, 5.74) is 0.295. The zero-order valence-electron chi connectivity index (χ0n) is 13.6. The van der Waals surface area contributed by atoms with Gasteiger partial charge in [-0.1, -0.05) is 53.5 Å². The van der Waals surface area contributed by atoms with Crippen LogP contribution >= 0.6 is 23.2 Å². The molecule has 0 unspecified atom stereocenters. The zero-order chi connectivity index (χ0) is 19.8. The normalized spacial score (nSPS) is 11.6. The van der Waals surface area contributed by atoms with Crippen molar-refractivity contribution in [1.29, 1.82) is 0 Å². The molecule has 3 aromatic rings. The molecule has 0 spiro atoms. The summed E-state index contributed by atoms with van der Waals surface area (Å²) in [6, 6.07) is 12.3. The molecule has 0 radical (unpaired) electrons. The van der Waals surface area contributed by atoms with Crippen LogP contribution in [0, 0.1) is 11.6 Å². The predicted molar refractivity (Wildman–Crippen MR) is 101 cm³/mol. The van der Waals surface area contributed by atoms with E-state index in [4.69, 9.17) is 23.2 Å². The Labute approximate surface area is 164 Å². The quantitative estimate of drug-likeness (QED) is 0.586. The largest absolute Gasteiger partial charge is 0.505 e. The average molecular weight is 429 g/mol. The van der Waals surface area contributed by atoms with E-state index in [1.54, 1.807) is 30.3 Å². The van der Waals surface area contributed by atoms with Gasteiger partial charge in [-0.25, -0.2) is 17.2 Å². The van der Waals surface area contributed by atoms with E-state index in [0.29, 0.717) is 11.6 Å². The van der Waals surface area contributed by atoms with E-state index in [2.05, 4.69) is 0 Å². The van der Waals surface area contributed by atoms with Crippen LogP contribution in [0.2, 0.25) is 10.0 Å². The minimum atomic E-state index is -4.20. The Bertz CT molecular complexity index is 1120. The molecule has 140 valence electrons. The second-order valence-electron chi connectivity index (χ2n) is 5.78. The Balaban J connectivity index is 2.08. The van der Waals surface area contributed by atoms with E-state index in [1.165, 1.54) is 6.07 Å². The molecule has 0 fully saturated rings. The minimum Gasteiger partial charge on any atom is -0.505 e. The van der Waals surface area contributed by atoms with Crippen molar-refractivity contribution in [3.8, 4) is 16.9 Å². The maximum atomic E-state index is 14.2. The topological polar surface area (TPSA) is 54.4 Å². The number of rotatable bonds is 4. The lowest BCUT2D eigenvalue weighted by atomic mass is 10.0. The molecular weight excluding hydrogens is 417 g/mol. The fourth-order valence-electron chi connectivity index (χ4n) is 2.61. The highest BCUT2D eigenvalue weighted by atomic mass is 35.5. The maximum Gasteiger partial charge on any atom is 0.186 e. The van der Waals surface area contributed by atoms with Crippen molar-refractivity contribution in [2.24, 2.45) is 0 Å². The van der Waals surface area contributed by atoms with Gasteiger partial charge in [-0.15, -0.1) is 0 Å². The Morgan fingerprint density at radius 3 is 2.26 bits per heavy atom. The first kappa shape index (κ1) is 19.6. The molecule has 3 aromatic carbocycles. The lowest BCUT2D eigenvalue weighted by Gasteiger charge is -2.11. The second kappa shape index (κ2) is 7.46. The molecule has 0 bridgehead atoms. The third-order valence-corrected chi connectivity index (χ3v) is 6.07. The molecule has 0 aliphatic rings. The molecule has 0 saturated heterocycles. The number of benzene rings is 3. The molecule has 0 aromatic heterocycles. The molecule has 3 rings (SSSR count). The van der Waals surface area contributed by atoms with Crippen molar-refractivity contribution >= 4 is 33.0 Å². The number of aromatic hydroxyl groups is 1. The summed E-state index contributed by atoms with van der Waals surface area (Å²) in [6.07, 6.45) is 0. The minimum absolute atomic E-state index is 0.000859. The van der Waals surface area contributed by atoms with Crippen LogP contribution in [0.1, 0.15) is 5.56 Å². The molecule has 0 atom stereocenters. The standard InChI is InChI=1S/C19H12Cl2F2O3S/c20-13-7-15(21)19(24)18(8-13)27(25,26)10-12-6-14(17(23)9-16(12)22)11-4-2-1-3-5-11/h1-9,24H,10H2. The van der Waals surface area contributed by atoms with E-state index in [9.17, 15) is 22.3 Å². The molecule has 8 heteroatoms. The van der Waals surface area contributed by atoms with Crippen LogP contribution < -0.4 is 0 Å². The Morgan fingerprint density at radius 2 is 1.59 bits per heavy atom. The van der Waals surface area contributed by atoms with Gasteiger partial charge in [-0.2, -0.15) is 0 Å². The van der Waals surface area contributed by atoms with Gasteiger partial charge >= 0.3 is 0 Å². The lowest BCUT2D eigenvalue weighted by Crippen LogP contribution is -2.08. The van der Waals surface area contributed by atoms with Crippen LogP contribution in [0.15, 0.2) is 59.5 Å². The molecule has 0 heterocycles.